The number of anilines is 6. The molecule has 17 rings (SSSR count). The first-order chi connectivity index (χ1) is 44.7. The molecular formula is C89H76N2O2. The minimum absolute atomic E-state index is 0.0408. The first kappa shape index (κ1) is 56.8. The van der Waals surface area contributed by atoms with E-state index >= 15 is 0 Å². The average Bonchev–Trinajstić information content (AvgIpc) is 1.51. The van der Waals surface area contributed by atoms with E-state index in [1.165, 1.54) is 99.1 Å². The lowest BCUT2D eigenvalue weighted by Crippen LogP contribution is -2.26. The fourth-order valence-electron chi connectivity index (χ4n) is 16.1. The maximum atomic E-state index is 7.32. The van der Waals surface area contributed by atoms with Gasteiger partial charge in [0.2, 0.25) is 0 Å². The number of para-hydroxylation sites is 4. The normalized spacial score (nSPS) is 13.7. The SMILES string of the molecule is CC(C)(C)c1ccc(N(c2ccc3c(c2)C2(c4ccccc4-c4cc5c6ccccc6c6ccccc6c5cc42)c2cc(N(c4ccc(C(C)(C)C)cc4)c4cccc5c4oc4c(C(C)(C)C)cccc45)ccc2-3)c2cccc3c2oc2c(C(C)(C)C)cccc23)cc1. The predicted molar refractivity (Wildman–Crippen MR) is 394 cm³/mol. The molecule has 0 radical (unpaired) electrons. The standard InChI is InChI=1S/C89H76N2O2/c1-85(2,3)53-37-41-55(42-38-53)90(79-35-21-30-68-66-28-19-33-74(87(7,8)9)81(66)92-83(68)79)57-45-47-64-65-48-46-58(91(56-43-39-54(40-44-56)86(4,5)6)80-36-22-31-69-67-29-20-34-75(88(10,11)12)82(67)93-84(69)80)50-77(65)89(76(64)49-57)73-32-18-17-27-63(73)72-51-70-61-25-15-13-23-59(61)60-24-14-16-26-62(60)71(70)52-78(72)89/h13-52H,1-12H3. The summed E-state index contributed by atoms with van der Waals surface area (Å²) in [6, 6.07) is 92.2. The van der Waals surface area contributed by atoms with Crippen molar-refractivity contribution >= 4 is 110 Å². The van der Waals surface area contributed by atoms with Gasteiger partial charge in [0, 0.05) is 55.4 Å². The monoisotopic (exact) mass is 1200 g/mol. The summed E-state index contributed by atoms with van der Waals surface area (Å²) in [5, 5.41) is 12.0. The number of hydrogen-bond acceptors (Lipinski definition) is 4. The molecule has 2 heterocycles. The third-order valence-electron chi connectivity index (χ3n) is 20.6. The van der Waals surface area contributed by atoms with Crippen LogP contribution in [0.4, 0.5) is 34.1 Å². The quantitative estimate of drug-likeness (QED) is 0.155. The molecular weight excluding hydrogens is 1130 g/mol. The molecule has 0 aliphatic heterocycles. The van der Waals surface area contributed by atoms with Gasteiger partial charge in [-0.15, -0.1) is 0 Å². The molecule has 4 heteroatoms. The number of nitrogens with zero attached hydrogens (tertiary/aromatic N) is 2. The Bertz CT molecular complexity index is 5370. The van der Waals surface area contributed by atoms with Gasteiger partial charge in [-0.25, -0.2) is 0 Å². The van der Waals surface area contributed by atoms with Crippen LogP contribution in [-0.4, -0.2) is 0 Å². The van der Waals surface area contributed by atoms with Gasteiger partial charge in [-0.05, 0) is 182 Å². The lowest BCUT2D eigenvalue weighted by Gasteiger charge is -2.33. The maximum Gasteiger partial charge on any atom is 0.159 e. The molecule has 0 N–H and O–H groups in total. The predicted octanol–water partition coefficient (Wildman–Crippen LogP) is 25.4. The molecule has 0 unspecified atom stereocenters. The zero-order chi connectivity index (χ0) is 63.8. The van der Waals surface area contributed by atoms with Crippen LogP contribution in [0.15, 0.2) is 251 Å². The van der Waals surface area contributed by atoms with Crippen LogP contribution in [0.5, 0.6) is 0 Å². The zero-order valence-electron chi connectivity index (χ0n) is 55.3. The average molecular weight is 1210 g/mol. The molecule has 0 bridgehead atoms. The van der Waals surface area contributed by atoms with E-state index in [1.807, 2.05) is 0 Å². The summed E-state index contributed by atoms with van der Waals surface area (Å²) in [5.41, 5.74) is 23.5. The lowest BCUT2D eigenvalue weighted by atomic mass is 9.70. The van der Waals surface area contributed by atoms with Crippen molar-refractivity contribution in [3.63, 3.8) is 0 Å². The van der Waals surface area contributed by atoms with E-state index in [-0.39, 0.29) is 21.7 Å². The van der Waals surface area contributed by atoms with Crippen LogP contribution in [0.25, 0.3) is 98.4 Å². The maximum absolute atomic E-state index is 7.32. The van der Waals surface area contributed by atoms with Gasteiger partial charge < -0.3 is 18.6 Å². The van der Waals surface area contributed by atoms with Crippen molar-refractivity contribution in [1.29, 1.82) is 0 Å². The fraction of sp³-hybridized carbons (Fsp3) is 0.191. The van der Waals surface area contributed by atoms with E-state index in [9.17, 15) is 0 Å². The number of fused-ring (bicyclic) bond motifs is 22. The van der Waals surface area contributed by atoms with Crippen molar-refractivity contribution in [3.8, 4) is 22.3 Å². The van der Waals surface area contributed by atoms with E-state index in [2.05, 4.69) is 336 Å². The summed E-state index contributed by atoms with van der Waals surface area (Å²) in [6.07, 6.45) is 0. The largest absolute Gasteiger partial charge is 0.454 e. The van der Waals surface area contributed by atoms with Crippen LogP contribution in [0.3, 0.4) is 0 Å². The van der Waals surface area contributed by atoms with E-state index in [0.717, 1.165) is 78.0 Å². The zero-order valence-corrected chi connectivity index (χ0v) is 55.3. The molecule has 1 spiro atoms. The number of furan rings is 2. The van der Waals surface area contributed by atoms with Gasteiger partial charge in [0.1, 0.15) is 11.2 Å². The number of rotatable bonds is 6. The van der Waals surface area contributed by atoms with Crippen LogP contribution in [-0.2, 0) is 27.1 Å². The van der Waals surface area contributed by atoms with Gasteiger partial charge in [-0.2, -0.15) is 0 Å². The summed E-state index contributed by atoms with van der Waals surface area (Å²) in [5.74, 6) is 0. The van der Waals surface area contributed by atoms with Crippen LogP contribution in [0.2, 0.25) is 0 Å². The molecule has 13 aromatic carbocycles. The van der Waals surface area contributed by atoms with Crippen LogP contribution < -0.4 is 9.80 Å². The van der Waals surface area contributed by atoms with Gasteiger partial charge >= 0.3 is 0 Å². The summed E-state index contributed by atoms with van der Waals surface area (Å²) >= 11 is 0. The third kappa shape index (κ3) is 8.42. The molecule has 15 aromatic rings. The van der Waals surface area contributed by atoms with Crippen molar-refractivity contribution in [2.45, 2.75) is 110 Å². The Labute approximate surface area is 545 Å². The van der Waals surface area contributed by atoms with E-state index < -0.39 is 5.41 Å². The smallest absolute Gasteiger partial charge is 0.159 e. The van der Waals surface area contributed by atoms with Gasteiger partial charge in [0.15, 0.2) is 11.2 Å². The van der Waals surface area contributed by atoms with Crippen molar-refractivity contribution in [1.82, 2.24) is 0 Å². The topological polar surface area (TPSA) is 32.8 Å². The van der Waals surface area contributed by atoms with Gasteiger partial charge in [0.05, 0.1) is 16.8 Å². The Morgan fingerprint density at radius 1 is 0.247 bits per heavy atom. The Morgan fingerprint density at radius 2 is 0.591 bits per heavy atom. The molecule has 2 aliphatic carbocycles. The number of hydrogen-bond donors (Lipinski definition) is 0. The highest BCUT2D eigenvalue weighted by molar-refractivity contribution is 6.26. The van der Waals surface area contributed by atoms with Crippen molar-refractivity contribution in [3.05, 3.63) is 287 Å². The molecule has 0 atom stereocenters. The van der Waals surface area contributed by atoms with Crippen molar-refractivity contribution in [2.75, 3.05) is 9.80 Å². The highest BCUT2D eigenvalue weighted by Gasteiger charge is 2.53. The molecule has 2 aliphatic rings. The molecule has 454 valence electrons. The summed E-state index contributed by atoms with van der Waals surface area (Å²) in [6.45, 7) is 27.4. The molecule has 0 fully saturated rings. The highest BCUT2D eigenvalue weighted by atomic mass is 16.3. The second kappa shape index (κ2) is 19.9. The van der Waals surface area contributed by atoms with Crippen LogP contribution in [0, 0.1) is 0 Å². The van der Waals surface area contributed by atoms with Gasteiger partial charge in [0.25, 0.3) is 0 Å². The van der Waals surface area contributed by atoms with Crippen molar-refractivity contribution < 1.29 is 8.83 Å². The van der Waals surface area contributed by atoms with E-state index in [4.69, 9.17) is 8.83 Å². The Kier molecular flexibility index (Phi) is 12.2. The summed E-state index contributed by atoms with van der Waals surface area (Å²) < 4.78 is 14.6. The third-order valence-corrected chi connectivity index (χ3v) is 20.6. The minimum atomic E-state index is -0.799. The van der Waals surface area contributed by atoms with Crippen molar-refractivity contribution in [2.24, 2.45) is 0 Å². The Balaban J connectivity index is 0.973. The lowest BCUT2D eigenvalue weighted by molar-refractivity contribution is 0.572. The second-order valence-electron chi connectivity index (χ2n) is 30.4. The van der Waals surface area contributed by atoms with Crippen LogP contribution >= 0.6 is 0 Å². The molecule has 0 amide bonds. The van der Waals surface area contributed by atoms with E-state index in [1.54, 1.807) is 0 Å². The first-order valence-electron chi connectivity index (χ1n) is 33.1. The molecule has 93 heavy (non-hydrogen) atoms. The summed E-state index contributed by atoms with van der Waals surface area (Å²) in [4.78, 5) is 4.92. The highest BCUT2D eigenvalue weighted by Crippen LogP contribution is 2.65. The minimum Gasteiger partial charge on any atom is -0.454 e. The Hall–Kier alpha value is -10.2. The molecule has 4 nitrogen and oxygen atoms in total. The Morgan fingerprint density at radius 3 is 1.02 bits per heavy atom. The first-order valence-corrected chi connectivity index (χ1v) is 33.1. The van der Waals surface area contributed by atoms with E-state index in [0.29, 0.717) is 0 Å². The van der Waals surface area contributed by atoms with Gasteiger partial charge in [-0.3, -0.25) is 0 Å². The van der Waals surface area contributed by atoms with Gasteiger partial charge in [-0.1, -0.05) is 253 Å². The molecule has 0 saturated heterocycles. The second-order valence-corrected chi connectivity index (χ2v) is 30.4. The summed E-state index contributed by atoms with van der Waals surface area (Å²) in [7, 11) is 0. The molecule has 0 saturated carbocycles. The number of benzene rings is 13. The molecule has 2 aromatic heterocycles. The fourth-order valence-corrected chi connectivity index (χ4v) is 16.1. The van der Waals surface area contributed by atoms with Crippen LogP contribution in [0.1, 0.15) is 128 Å².